The number of allylic oxidation sites excluding steroid dienone is 1. The summed E-state index contributed by atoms with van der Waals surface area (Å²) in [5.74, 6) is 1.11. The van der Waals surface area contributed by atoms with Gasteiger partial charge >= 0.3 is 5.95 Å². The number of hydrogen-bond acceptors (Lipinski definition) is 6. The highest BCUT2D eigenvalue weighted by atomic mass is 35.5. The van der Waals surface area contributed by atoms with Crippen molar-refractivity contribution >= 4 is 39.7 Å². The summed E-state index contributed by atoms with van der Waals surface area (Å²) < 4.78 is 6.29. The number of ether oxygens (including phenoxy) is 1. The van der Waals surface area contributed by atoms with E-state index in [-0.39, 0.29) is 17.0 Å². The Kier molecular flexibility index (Phi) is 10.7. The van der Waals surface area contributed by atoms with Crippen LogP contribution in [0.5, 0.6) is 5.75 Å². The van der Waals surface area contributed by atoms with E-state index in [1.165, 1.54) is 40.0 Å². The highest BCUT2D eigenvalue weighted by molar-refractivity contribution is 6.18. The molecule has 0 saturated heterocycles. The van der Waals surface area contributed by atoms with Crippen molar-refractivity contribution in [1.29, 1.82) is 0 Å². The first kappa shape index (κ1) is 30.3. The maximum absolute atomic E-state index is 11.3. The Bertz CT molecular complexity index is 1610. The summed E-state index contributed by atoms with van der Waals surface area (Å²) in [6.07, 6.45) is 0.802. The Labute approximate surface area is 251 Å². The topological polar surface area (TPSA) is 105 Å². The number of rotatable bonds is 9. The lowest BCUT2D eigenvalue weighted by atomic mass is 9.88. The van der Waals surface area contributed by atoms with Crippen LogP contribution in [-0.4, -0.2) is 43.1 Å². The number of nitrogens with zero attached hydrogens (tertiary/aromatic N) is 4. The largest absolute Gasteiger partial charge is 0.739 e. The van der Waals surface area contributed by atoms with Gasteiger partial charge < -0.3 is 20.1 Å². The molecule has 2 N–H and O–H groups in total. The number of fused-ring (bicyclic) bond motifs is 1. The monoisotopic (exact) mass is 583 g/mol. The molecule has 0 spiro atoms. The van der Waals surface area contributed by atoms with E-state index in [9.17, 15) is 10.4 Å². The van der Waals surface area contributed by atoms with E-state index in [1.807, 2.05) is 26.2 Å². The number of hydrogen-bond donors (Lipinski definition) is 1. The lowest BCUT2D eigenvalue weighted by Gasteiger charge is -2.17. The van der Waals surface area contributed by atoms with Crippen molar-refractivity contribution in [2.24, 2.45) is 0 Å². The molecule has 1 heterocycles. The van der Waals surface area contributed by atoms with Crippen molar-refractivity contribution in [2.45, 2.75) is 6.42 Å². The van der Waals surface area contributed by atoms with Gasteiger partial charge in [-0.2, -0.15) is 0 Å². The standard InChI is InChI=1S/C26H28ClNO.C7H6N4O2/c1-28(2)19-20-29-24-15-13-23(14-16-24)26(22-11-7-4-8-12-22)25(17-18-27)21-9-5-3-6-10-21;8-7-9-11(13)6-4-2-1-3-5(6)10(7)12/h3-16H,17-20H2,1-2H3;1-4H,(H2,8,9)/b26-25-;. The van der Waals surface area contributed by atoms with Crippen LogP contribution < -0.4 is 20.0 Å². The number of para-hydroxylation sites is 2. The second kappa shape index (κ2) is 14.8. The number of aromatic nitrogens is 3. The molecule has 0 aliphatic rings. The summed E-state index contributed by atoms with van der Waals surface area (Å²) >= 11 is 6.21. The number of alkyl halides is 1. The molecule has 1 aromatic heterocycles. The highest BCUT2D eigenvalue weighted by Crippen LogP contribution is 2.35. The second-order valence-electron chi connectivity index (χ2n) is 9.71. The van der Waals surface area contributed by atoms with Gasteiger partial charge in [-0.05, 0) is 66.6 Å². The van der Waals surface area contributed by atoms with Gasteiger partial charge in [0, 0.05) is 23.3 Å². The first-order valence-electron chi connectivity index (χ1n) is 13.5. The van der Waals surface area contributed by atoms with Gasteiger partial charge in [-0.1, -0.05) is 84.9 Å². The maximum atomic E-state index is 11.3. The van der Waals surface area contributed by atoms with Crippen LogP contribution in [0.1, 0.15) is 23.1 Å². The van der Waals surface area contributed by atoms with E-state index >= 15 is 0 Å². The molecule has 0 fully saturated rings. The lowest BCUT2D eigenvalue weighted by Crippen LogP contribution is -2.44. The summed E-state index contributed by atoms with van der Waals surface area (Å²) in [4.78, 5) is 2.45. The fourth-order valence-corrected chi connectivity index (χ4v) is 4.63. The minimum Gasteiger partial charge on any atom is -0.739 e. The van der Waals surface area contributed by atoms with Crippen LogP contribution in [0.4, 0.5) is 5.95 Å². The van der Waals surface area contributed by atoms with Gasteiger partial charge in [0.25, 0.3) is 5.52 Å². The Hall–Kier alpha value is -4.66. The minimum atomic E-state index is -0.353. The third-order valence-corrected chi connectivity index (χ3v) is 6.68. The zero-order chi connectivity index (χ0) is 29.9. The number of anilines is 1. The number of nitrogen functional groups attached to an aromatic ring is 1. The van der Waals surface area contributed by atoms with Gasteiger partial charge in [0.2, 0.25) is 5.10 Å². The van der Waals surface area contributed by atoms with Crippen molar-refractivity contribution in [3.63, 3.8) is 0 Å². The summed E-state index contributed by atoms with van der Waals surface area (Å²) in [6, 6.07) is 35.7. The van der Waals surface area contributed by atoms with Crippen LogP contribution in [-0.2, 0) is 0 Å². The zero-order valence-corrected chi connectivity index (χ0v) is 24.4. The highest BCUT2D eigenvalue weighted by Gasteiger charge is 2.16. The van der Waals surface area contributed by atoms with E-state index < -0.39 is 0 Å². The quantitative estimate of drug-likeness (QED) is 0.109. The summed E-state index contributed by atoms with van der Waals surface area (Å²) in [7, 11) is 4.09. The van der Waals surface area contributed by atoms with Crippen LogP contribution in [0.3, 0.4) is 0 Å². The third kappa shape index (κ3) is 7.75. The smallest absolute Gasteiger partial charge is 0.458 e. The first-order chi connectivity index (χ1) is 20.4. The maximum Gasteiger partial charge on any atom is 0.458 e. The van der Waals surface area contributed by atoms with Gasteiger partial charge in [-0.15, -0.1) is 11.6 Å². The van der Waals surface area contributed by atoms with E-state index in [1.54, 1.807) is 12.1 Å². The van der Waals surface area contributed by atoms with E-state index in [2.05, 4.69) is 82.8 Å². The normalized spacial score (nSPS) is 11.5. The summed E-state index contributed by atoms with van der Waals surface area (Å²) in [6.45, 7) is 1.57. The molecule has 8 nitrogen and oxygen atoms in total. The number of halogens is 1. The van der Waals surface area contributed by atoms with Crippen molar-refractivity contribution in [3.8, 4) is 5.75 Å². The molecule has 4 aromatic carbocycles. The molecule has 0 unspecified atom stereocenters. The molecule has 0 bridgehead atoms. The minimum absolute atomic E-state index is 0.201. The summed E-state index contributed by atoms with van der Waals surface area (Å²) in [5.41, 5.74) is 11.7. The van der Waals surface area contributed by atoms with E-state index in [4.69, 9.17) is 22.1 Å². The molecule has 0 radical (unpaired) electrons. The molecule has 0 amide bonds. The molecule has 9 heteroatoms. The van der Waals surface area contributed by atoms with Gasteiger partial charge in [0.1, 0.15) is 12.4 Å². The molecule has 0 saturated carbocycles. The molecular weight excluding hydrogens is 550 g/mol. The predicted molar refractivity (Wildman–Crippen MR) is 169 cm³/mol. The zero-order valence-electron chi connectivity index (χ0n) is 23.7. The van der Waals surface area contributed by atoms with Crippen molar-refractivity contribution in [2.75, 3.05) is 38.9 Å². The Morgan fingerprint density at radius 2 is 1.33 bits per heavy atom. The molecule has 0 aliphatic carbocycles. The predicted octanol–water partition coefficient (Wildman–Crippen LogP) is 5.30. The van der Waals surface area contributed by atoms with Gasteiger partial charge in [-0.3, -0.25) is 5.73 Å². The Morgan fingerprint density at radius 1 is 0.786 bits per heavy atom. The van der Waals surface area contributed by atoms with E-state index in [0.29, 0.717) is 22.1 Å². The van der Waals surface area contributed by atoms with Crippen LogP contribution in [0.15, 0.2) is 109 Å². The van der Waals surface area contributed by atoms with Crippen LogP contribution in [0.2, 0.25) is 0 Å². The fourth-order valence-electron chi connectivity index (χ4n) is 4.44. The third-order valence-electron chi connectivity index (χ3n) is 6.49. The van der Waals surface area contributed by atoms with Crippen LogP contribution >= 0.6 is 11.6 Å². The fraction of sp³-hybridized carbons (Fsp3) is 0.182. The Morgan fingerprint density at radius 3 is 1.93 bits per heavy atom. The molecule has 0 aliphatic heterocycles. The molecular formula is C33H34ClN5O3. The molecule has 5 aromatic rings. The lowest BCUT2D eigenvalue weighted by molar-refractivity contribution is -0.672. The second-order valence-corrected chi connectivity index (χ2v) is 10.1. The molecule has 0 atom stereocenters. The van der Waals surface area contributed by atoms with Gasteiger partial charge in [-0.25, -0.2) is 4.73 Å². The SMILES string of the molecule is CN(C)CCOc1ccc(/C(=C(/CCCl)c2ccccc2)c2ccccc2)cc1.Nc1n[n+]([O-])c2ccccc2[n+]1[O-]. The van der Waals surface area contributed by atoms with Gasteiger partial charge in [0.15, 0.2) is 5.52 Å². The number of nitrogens with two attached hydrogens (primary N) is 1. The van der Waals surface area contributed by atoms with Crippen LogP contribution in [0.25, 0.3) is 22.2 Å². The summed E-state index contributed by atoms with van der Waals surface area (Å²) in [5, 5.41) is 25.7. The molecule has 42 heavy (non-hydrogen) atoms. The Balaban J connectivity index is 0.000000258. The average molecular weight is 584 g/mol. The number of likely N-dealkylation sites (N-methyl/N-ethyl adjacent to an activating group) is 1. The molecule has 216 valence electrons. The first-order valence-corrected chi connectivity index (χ1v) is 14.1. The van der Waals surface area contributed by atoms with Crippen molar-refractivity contribution in [3.05, 3.63) is 136 Å². The molecule has 5 rings (SSSR count). The van der Waals surface area contributed by atoms with Crippen molar-refractivity contribution in [1.82, 2.24) is 10.00 Å². The number of benzene rings is 4. The average Bonchev–Trinajstić information content (AvgIpc) is 3.01. The van der Waals surface area contributed by atoms with Gasteiger partial charge in [0.05, 0.1) is 0 Å². The van der Waals surface area contributed by atoms with Crippen molar-refractivity contribution < 1.29 is 14.3 Å². The van der Waals surface area contributed by atoms with Crippen LogP contribution in [0, 0.1) is 10.4 Å². The van der Waals surface area contributed by atoms with E-state index in [0.717, 1.165) is 18.7 Å².